The third-order valence-electron chi connectivity index (χ3n) is 4.56. The van der Waals surface area contributed by atoms with Crippen LogP contribution in [0.2, 0.25) is 0 Å². The number of anilines is 1. The standard InChI is InChI=1S/C18H23F4N3O2/c1-17(2,3)14(16(27)25-8-4-5-13(25)15(23)26)24-10-6-7-12(19)11(9-10)18(20,21)22/h6-7,9,13-14,24H,4-5,8H2,1-3H3,(H2,23,26). The summed E-state index contributed by atoms with van der Waals surface area (Å²) in [6.45, 7) is 5.57. The smallest absolute Gasteiger partial charge is 0.373 e. The van der Waals surface area contributed by atoms with Crippen LogP contribution in [0.1, 0.15) is 39.2 Å². The van der Waals surface area contributed by atoms with Crippen molar-refractivity contribution in [3.8, 4) is 0 Å². The highest BCUT2D eigenvalue weighted by atomic mass is 19.4. The van der Waals surface area contributed by atoms with E-state index in [1.165, 1.54) is 4.90 Å². The Kier molecular flexibility index (Phi) is 5.72. The highest BCUT2D eigenvalue weighted by molar-refractivity contribution is 5.91. The molecule has 0 spiro atoms. The Morgan fingerprint density at radius 2 is 1.89 bits per heavy atom. The lowest BCUT2D eigenvalue weighted by molar-refractivity contribution is -0.140. The number of likely N-dealkylation sites (tertiary alicyclic amines) is 1. The molecule has 2 atom stereocenters. The topological polar surface area (TPSA) is 75.4 Å². The van der Waals surface area contributed by atoms with Crippen LogP contribution < -0.4 is 11.1 Å². The van der Waals surface area contributed by atoms with Gasteiger partial charge in [-0.05, 0) is 36.5 Å². The van der Waals surface area contributed by atoms with Crippen LogP contribution in [0.3, 0.4) is 0 Å². The number of benzene rings is 1. The molecule has 9 heteroatoms. The molecule has 1 heterocycles. The highest BCUT2D eigenvalue weighted by Gasteiger charge is 2.41. The normalized spacial score (nSPS) is 19.1. The molecule has 1 aromatic rings. The van der Waals surface area contributed by atoms with Crippen molar-refractivity contribution in [2.75, 3.05) is 11.9 Å². The van der Waals surface area contributed by atoms with Crippen LogP contribution in [0, 0.1) is 11.2 Å². The molecule has 0 saturated carbocycles. The first-order chi connectivity index (χ1) is 12.3. The molecule has 1 saturated heterocycles. The predicted molar refractivity (Wildman–Crippen MR) is 92.2 cm³/mol. The number of nitrogens with one attached hydrogen (secondary N) is 1. The van der Waals surface area contributed by atoms with Crippen molar-refractivity contribution >= 4 is 17.5 Å². The van der Waals surface area contributed by atoms with E-state index in [1.54, 1.807) is 20.8 Å². The van der Waals surface area contributed by atoms with Crippen LogP contribution in [0.5, 0.6) is 0 Å². The fourth-order valence-electron chi connectivity index (χ4n) is 3.14. The second-order valence-corrected chi connectivity index (χ2v) is 7.73. The lowest BCUT2D eigenvalue weighted by atomic mass is 9.85. The van der Waals surface area contributed by atoms with Gasteiger partial charge in [0.2, 0.25) is 11.8 Å². The predicted octanol–water partition coefficient (Wildman–Crippen LogP) is 3.15. The Morgan fingerprint density at radius 3 is 2.41 bits per heavy atom. The molecule has 0 aliphatic carbocycles. The Hall–Kier alpha value is -2.32. The van der Waals surface area contributed by atoms with Gasteiger partial charge in [-0.15, -0.1) is 0 Å². The van der Waals surface area contributed by atoms with Gasteiger partial charge < -0.3 is 16.0 Å². The number of rotatable bonds is 4. The zero-order valence-electron chi connectivity index (χ0n) is 15.4. The van der Waals surface area contributed by atoms with Gasteiger partial charge >= 0.3 is 6.18 Å². The van der Waals surface area contributed by atoms with E-state index in [-0.39, 0.29) is 5.69 Å². The van der Waals surface area contributed by atoms with Crippen molar-refractivity contribution in [2.24, 2.45) is 11.1 Å². The average molecular weight is 389 g/mol. The van der Waals surface area contributed by atoms with Crippen molar-refractivity contribution in [2.45, 2.75) is 51.9 Å². The highest BCUT2D eigenvalue weighted by Crippen LogP contribution is 2.34. The van der Waals surface area contributed by atoms with Gasteiger partial charge in [-0.3, -0.25) is 9.59 Å². The van der Waals surface area contributed by atoms with Crippen molar-refractivity contribution in [1.82, 2.24) is 4.90 Å². The minimum Gasteiger partial charge on any atom is -0.373 e. The van der Waals surface area contributed by atoms with E-state index in [0.29, 0.717) is 31.5 Å². The molecule has 0 bridgehead atoms. The summed E-state index contributed by atoms with van der Waals surface area (Å²) < 4.78 is 52.4. The van der Waals surface area contributed by atoms with E-state index in [2.05, 4.69) is 5.32 Å². The summed E-state index contributed by atoms with van der Waals surface area (Å²) in [4.78, 5) is 26.0. The lowest BCUT2D eigenvalue weighted by Gasteiger charge is -2.35. The zero-order chi connectivity index (χ0) is 20.6. The van der Waals surface area contributed by atoms with Gasteiger partial charge in [0.25, 0.3) is 0 Å². The molecule has 3 N–H and O–H groups in total. The number of carbonyl (C=O) groups excluding carboxylic acids is 2. The average Bonchev–Trinajstić information content (AvgIpc) is 3.01. The van der Waals surface area contributed by atoms with E-state index in [0.717, 1.165) is 6.07 Å². The summed E-state index contributed by atoms with van der Waals surface area (Å²) in [5.74, 6) is -2.43. The van der Waals surface area contributed by atoms with Gasteiger partial charge in [0.1, 0.15) is 17.9 Å². The molecule has 1 aliphatic rings. The first kappa shape index (κ1) is 21.0. The van der Waals surface area contributed by atoms with Crippen molar-refractivity contribution in [3.63, 3.8) is 0 Å². The molecule has 2 unspecified atom stereocenters. The monoisotopic (exact) mass is 389 g/mol. The third-order valence-corrected chi connectivity index (χ3v) is 4.56. The summed E-state index contributed by atoms with van der Waals surface area (Å²) >= 11 is 0. The molecular weight excluding hydrogens is 366 g/mol. The third kappa shape index (κ3) is 4.70. The van der Waals surface area contributed by atoms with Gasteiger partial charge in [-0.2, -0.15) is 13.2 Å². The van der Waals surface area contributed by atoms with E-state index in [4.69, 9.17) is 5.73 Å². The Morgan fingerprint density at radius 1 is 1.26 bits per heavy atom. The molecule has 1 fully saturated rings. The second kappa shape index (κ2) is 7.36. The van der Waals surface area contributed by atoms with Crippen LogP contribution >= 0.6 is 0 Å². The number of hydrogen-bond donors (Lipinski definition) is 2. The maximum Gasteiger partial charge on any atom is 0.419 e. The van der Waals surface area contributed by atoms with Crippen LogP contribution in [-0.4, -0.2) is 35.3 Å². The molecule has 27 heavy (non-hydrogen) atoms. The van der Waals surface area contributed by atoms with Crippen LogP contribution in [0.25, 0.3) is 0 Å². The molecule has 5 nitrogen and oxygen atoms in total. The summed E-state index contributed by atoms with van der Waals surface area (Å²) in [6.07, 6.45) is -3.79. The summed E-state index contributed by atoms with van der Waals surface area (Å²) in [5.41, 5.74) is 3.22. The second-order valence-electron chi connectivity index (χ2n) is 7.73. The number of hydrogen-bond acceptors (Lipinski definition) is 3. The molecular formula is C18H23F4N3O2. The molecule has 2 rings (SSSR count). The quantitative estimate of drug-likeness (QED) is 0.777. The van der Waals surface area contributed by atoms with Gasteiger partial charge in [0.05, 0.1) is 5.56 Å². The molecule has 1 aliphatic heterocycles. The Labute approximate surface area is 154 Å². The van der Waals surface area contributed by atoms with Gasteiger partial charge in [0, 0.05) is 12.2 Å². The van der Waals surface area contributed by atoms with Crippen molar-refractivity contribution < 1.29 is 27.2 Å². The van der Waals surface area contributed by atoms with E-state index < -0.39 is 46.9 Å². The number of nitrogens with zero attached hydrogens (tertiary/aromatic N) is 1. The van der Waals surface area contributed by atoms with Crippen LogP contribution in [-0.2, 0) is 15.8 Å². The van der Waals surface area contributed by atoms with Crippen molar-refractivity contribution in [3.05, 3.63) is 29.6 Å². The maximum atomic E-state index is 13.5. The van der Waals surface area contributed by atoms with Crippen molar-refractivity contribution in [1.29, 1.82) is 0 Å². The van der Waals surface area contributed by atoms with Crippen LogP contribution in [0.15, 0.2) is 18.2 Å². The SMILES string of the molecule is CC(C)(C)C(Nc1ccc(F)c(C(F)(F)F)c1)C(=O)N1CCCC1C(N)=O. The van der Waals surface area contributed by atoms with Gasteiger partial charge in [0.15, 0.2) is 0 Å². The fraction of sp³-hybridized carbons (Fsp3) is 0.556. The molecule has 1 aromatic carbocycles. The first-order valence-electron chi connectivity index (χ1n) is 8.55. The maximum absolute atomic E-state index is 13.5. The number of nitrogens with two attached hydrogens (primary N) is 1. The van der Waals surface area contributed by atoms with Gasteiger partial charge in [-0.1, -0.05) is 20.8 Å². The lowest BCUT2D eigenvalue weighted by Crippen LogP contribution is -2.53. The van der Waals surface area contributed by atoms with Crippen LogP contribution in [0.4, 0.5) is 23.2 Å². The molecule has 0 radical (unpaired) electrons. The van der Waals surface area contributed by atoms with E-state index >= 15 is 0 Å². The number of amides is 2. The first-order valence-corrected chi connectivity index (χ1v) is 8.55. The number of carbonyl (C=O) groups is 2. The minimum atomic E-state index is -4.85. The molecule has 150 valence electrons. The fourth-order valence-corrected chi connectivity index (χ4v) is 3.14. The number of alkyl halides is 3. The molecule has 0 aromatic heterocycles. The van der Waals surface area contributed by atoms with E-state index in [1.807, 2.05) is 0 Å². The number of halogens is 4. The Balaban J connectivity index is 2.34. The summed E-state index contributed by atoms with van der Waals surface area (Å²) in [6, 6.07) is 0.826. The Bertz CT molecular complexity index is 728. The van der Waals surface area contributed by atoms with Gasteiger partial charge in [-0.25, -0.2) is 4.39 Å². The largest absolute Gasteiger partial charge is 0.419 e. The summed E-state index contributed by atoms with van der Waals surface area (Å²) in [7, 11) is 0. The minimum absolute atomic E-state index is 0.0354. The van der Waals surface area contributed by atoms with E-state index in [9.17, 15) is 27.2 Å². The number of primary amides is 1. The molecule has 2 amide bonds. The summed E-state index contributed by atoms with van der Waals surface area (Å²) in [5, 5.41) is 2.78. The zero-order valence-corrected chi connectivity index (χ0v) is 15.4.